The second kappa shape index (κ2) is 7.09. The summed E-state index contributed by atoms with van der Waals surface area (Å²) in [7, 11) is -1.99. The topological polar surface area (TPSA) is 46.5 Å². The molecule has 118 valence electrons. The van der Waals surface area contributed by atoms with Gasteiger partial charge in [0.15, 0.2) is 5.60 Å². The number of alkyl halides is 3. The highest BCUT2D eigenvalue weighted by Crippen LogP contribution is 2.33. The van der Waals surface area contributed by atoms with E-state index in [1.165, 1.54) is 12.1 Å². The van der Waals surface area contributed by atoms with Gasteiger partial charge in [0.25, 0.3) is 0 Å². The average molecular weight is 322 g/mol. The van der Waals surface area contributed by atoms with Crippen LogP contribution in [0.5, 0.6) is 0 Å². The zero-order valence-corrected chi connectivity index (χ0v) is 12.5. The molecule has 0 radical (unpaired) electrons. The molecule has 21 heavy (non-hydrogen) atoms. The van der Waals surface area contributed by atoms with Gasteiger partial charge in [0.05, 0.1) is 29.4 Å². The molecule has 0 heterocycles. The summed E-state index contributed by atoms with van der Waals surface area (Å²) < 4.78 is 55.7. The lowest BCUT2D eigenvalue weighted by Gasteiger charge is -2.26. The molecular weight excluding hydrogens is 305 g/mol. The van der Waals surface area contributed by atoms with Crippen molar-refractivity contribution in [2.24, 2.45) is 0 Å². The van der Waals surface area contributed by atoms with Crippen molar-refractivity contribution >= 4 is 10.8 Å². The van der Waals surface area contributed by atoms with Crippen LogP contribution in [0.4, 0.5) is 13.2 Å². The van der Waals surface area contributed by atoms with Gasteiger partial charge in [-0.1, -0.05) is 17.7 Å². The van der Waals surface area contributed by atoms with Gasteiger partial charge in [0, 0.05) is 4.90 Å². The highest BCUT2D eigenvalue weighted by molar-refractivity contribution is 7.85. The number of hydrogen-bond donors (Lipinski definition) is 1. The fraction of sp³-hybridized carbons (Fsp3) is 0.429. The Balaban J connectivity index is 2.96. The molecule has 7 heteroatoms. The molecule has 0 aliphatic rings. The van der Waals surface area contributed by atoms with Crippen molar-refractivity contribution in [3.8, 4) is 0 Å². The zero-order chi connectivity index (χ0) is 16.1. The molecule has 1 rings (SSSR count). The molecule has 1 N–H and O–H groups in total. The predicted molar refractivity (Wildman–Crippen MR) is 74.2 cm³/mol. The van der Waals surface area contributed by atoms with Crippen molar-refractivity contribution in [3.63, 3.8) is 0 Å². The number of aryl methyl sites for hydroxylation is 1. The van der Waals surface area contributed by atoms with Gasteiger partial charge >= 0.3 is 6.18 Å². The van der Waals surface area contributed by atoms with Crippen molar-refractivity contribution in [1.29, 1.82) is 0 Å². The van der Waals surface area contributed by atoms with Crippen LogP contribution >= 0.6 is 0 Å². The number of aliphatic hydroxyl groups is 1. The van der Waals surface area contributed by atoms with Crippen LogP contribution in [0.1, 0.15) is 12.5 Å². The molecule has 1 aromatic carbocycles. The minimum atomic E-state index is -4.94. The Labute approximate surface area is 123 Å². The Hall–Kier alpha value is -1.34. The van der Waals surface area contributed by atoms with Crippen LogP contribution in [0.25, 0.3) is 0 Å². The molecule has 0 saturated carbocycles. The summed E-state index contributed by atoms with van der Waals surface area (Å²) in [6.45, 7) is 3.58. The second-order valence-electron chi connectivity index (χ2n) is 4.48. The zero-order valence-electron chi connectivity index (χ0n) is 11.7. The molecule has 1 aromatic rings. The largest absolute Gasteiger partial charge is 0.502 e. The number of halogens is 3. The van der Waals surface area contributed by atoms with E-state index in [2.05, 4.69) is 4.74 Å². The molecule has 2 atom stereocenters. The van der Waals surface area contributed by atoms with Gasteiger partial charge in [-0.05, 0) is 32.1 Å². The van der Waals surface area contributed by atoms with Gasteiger partial charge in [-0.3, -0.25) is 4.21 Å². The maximum atomic E-state index is 13.0. The number of ether oxygens (including phenoxy) is 1. The monoisotopic (exact) mass is 322 g/mol. The average Bonchev–Trinajstić information content (AvgIpc) is 2.38. The number of rotatable bonds is 6. The molecule has 0 saturated heterocycles. The van der Waals surface area contributed by atoms with Crippen LogP contribution < -0.4 is 0 Å². The van der Waals surface area contributed by atoms with E-state index in [0.29, 0.717) is 6.08 Å². The number of benzene rings is 1. The summed E-state index contributed by atoms with van der Waals surface area (Å²) in [6.07, 6.45) is -3.68. The third-order valence-corrected chi connectivity index (χ3v) is 4.23. The molecule has 0 aliphatic heterocycles. The van der Waals surface area contributed by atoms with Crippen molar-refractivity contribution in [3.05, 3.63) is 42.2 Å². The first-order valence-corrected chi connectivity index (χ1v) is 7.55. The highest BCUT2D eigenvalue weighted by atomic mass is 32.2. The van der Waals surface area contributed by atoms with Crippen LogP contribution in [0.3, 0.4) is 0 Å². The molecule has 0 fully saturated rings. The summed E-state index contributed by atoms with van der Waals surface area (Å²) in [5.41, 5.74) is -2.30. The second-order valence-corrected chi connectivity index (χ2v) is 5.93. The minimum absolute atomic E-state index is 0.172. The smallest absolute Gasteiger partial charge is 0.421 e. The lowest BCUT2D eigenvalue weighted by molar-refractivity contribution is -0.231. The molecule has 3 nitrogen and oxygen atoms in total. The first-order valence-electron chi connectivity index (χ1n) is 6.23. The van der Waals surface area contributed by atoms with Gasteiger partial charge in [0.2, 0.25) is 0 Å². The Morgan fingerprint density at radius 1 is 1.29 bits per heavy atom. The summed E-state index contributed by atoms with van der Waals surface area (Å²) in [5, 5.41) is 9.78. The first-order chi connectivity index (χ1) is 9.69. The summed E-state index contributed by atoms with van der Waals surface area (Å²) >= 11 is 0. The van der Waals surface area contributed by atoms with E-state index in [-0.39, 0.29) is 11.5 Å². The summed E-state index contributed by atoms with van der Waals surface area (Å²) in [4.78, 5) is 0.230. The van der Waals surface area contributed by atoms with E-state index < -0.39 is 28.3 Å². The van der Waals surface area contributed by atoms with Crippen molar-refractivity contribution < 1.29 is 27.2 Å². The maximum absolute atomic E-state index is 13.0. The Morgan fingerprint density at radius 3 is 2.33 bits per heavy atom. The standard InChI is InChI=1S/C14H17F3O3S/c1-3-20-9-8-13(18,14(15,16)17)10-21(19)12-6-4-11(2)5-7-12/h4-9,18H,3,10H2,1-2H3/b9-8+/t13-,21-/m1/s1. The Morgan fingerprint density at radius 2 is 1.86 bits per heavy atom. The quantitative estimate of drug-likeness (QED) is 0.819. The van der Waals surface area contributed by atoms with E-state index >= 15 is 0 Å². The molecule has 0 unspecified atom stereocenters. The van der Waals surface area contributed by atoms with E-state index in [1.807, 2.05) is 6.92 Å². The van der Waals surface area contributed by atoms with Crippen molar-refractivity contribution in [2.45, 2.75) is 30.5 Å². The SMILES string of the molecule is CCO/C=C/[C@@](O)(C[S@@](=O)c1ccc(C)cc1)C(F)(F)F. The number of hydrogen-bond acceptors (Lipinski definition) is 3. The normalized spacial score (nSPS) is 16.7. The van der Waals surface area contributed by atoms with Gasteiger partial charge in [0.1, 0.15) is 0 Å². The minimum Gasteiger partial charge on any atom is -0.502 e. The molecule has 0 aliphatic carbocycles. The first kappa shape index (κ1) is 17.7. The van der Waals surface area contributed by atoms with E-state index in [9.17, 15) is 22.5 Å². The van der Waals surface area contributed by atoms with Gasteiger partial charge in [-0.2, -0.15) is 13.2 Å². The van der Waals surface area contributed by atoms with Gasteiger partial charge in [-0.15, -0.1) is 0 Å². The predicted octanol–water partition coefficient (Wildman–Crippen LogP) is 2.95. The lowest BCUT2D eigenvalue weighted by atomic mass is 10.1. The van der Waals surface area contributed by atoms with Crippen LogP contribution in [-0.2, 0) is 15.5 Å². The van der Waals surface area contributed by atoms with Crippen molar-refractivity contribution in [1.82, 2.24) is 0 Å². The molecule has 0 amide bonds. The maximum Gasteiger partial charge on any atom is 0.421 e. The van der Waals surface area contributed by atoms with E-state index in [1.54, 1.807) is 19.1 Å². The van der Waals surface area contributed by atoms with Crippen LogP contribution in [0, 0.1) is 6.92 Å². The Bertz CT molecular complexity index is 511. The molecule has 0 bridgehead atoms. The summed E-state index contributed by atoms with van der Waals surface area (Å²) in [6, 6.07) is 6.26. The fourth-order valence-corrected chi connectivity index (χ4v) is 2.72. The Kier molecular flexibility index (Phi) is 5.98. The molecule has 0 spiro atoms. The van der Waals surface area contributed by atoms with Crippen LogP contribution in [0.2, 0.25) is 0 Å². The van der Waals surface area contributed by atoms with Crippen molar-refractivity contribution in [2.75, 3.05) is 12.4 Å². The van der Waals surface area contributed by atoms with Crippen LogP contribution in [-0.4, -0.2) is 33.5 Å². The van der Waals surface area contributed by atoms with E-state index in [4.69, 9.17) is 0 Å². The highest BCUT2D eigenvalue weighted by Gasteiger charge is 2.53. The fourth-order valence-electron chi connectivity index (χ4n) is 1.45. The molecule has 0 aromatic heterocycles. The third-order valence-electron chi connectivity index (χ3n) is 2.73. The summed E-state index contributed by atoms with van der Waals surface area (Å²) in [5.74, 6) is -0.983. The van der Waals surface area contributed by atoms with E-state index in [0.717, 1.165) is 11.8 Å². The van der Waals surface area contributed by atoms with Gasteiger partial charge in [-0.25, -0.2) is 0 Å². The third kappa shape index (κ3) is 4.86. The van der Waals surface area contributed by atoms with Crippen LogP contribution in [0.15, 0.2) is 41.5 Å². The lowest BCUT2D eigenvalue weighted by Crippen LogP contribution is -2.47. The molecular formula is C14H17F3O3S. The van der Waals surface area contributed by atoms with Gasteiger partial charge < -0.3 is 9.84 Å².